The van der Waals surface area contributed by atoms with E-state index >= 15 is 0 Å². The zero-order valence-corrected chi connectivity index (χ0v) is 12.7. The van der Waals surface area contributed by atoms with Crippen LogP contribution in [-0.2, 0) is 5.41 Å². The van der Waals surface area contributed by atoms with Crippen LogP contribution in [0.4, 0.5) is 0 Å². The molecule has 0 amide bonds. The first-order valence-electron chi connectivity index (χ1n) is 7.09. The van der Waals surface area contributed by atoms with Crippen LogP contribution in [0, 0.1) is 5.41 Å². The van der Waals surface area contributed by atoms with E-state index in [2.05, 4.69) is 52.6 Å². The standard InChI is InChI=1S/C16H22BrN/c1-18-12-15-5-8-16(9-6-15,10-7-15)13-3-2-4-14(17)11-13/h2-4,11,18H,5-10,12H2,1H3. The molecule has 1 N–H and O–H groups in total. The van der Waals surface area contributed by atoms with E-state index in [1.165, 1.54) is 49.5 Å². The van der Waals surface area contributed by atoms with Gasteiger partial charge in [0.2, 0.25) is 0 Å². The largest absolute Gasteiger partial charge is 0.319 e. The summed E-state index contributed by atoms with van der Waals surface area (Å²) in [7, 11) is 2.10. The van der Waals surface area contributed by atoms with Gasteiger partial charge < -0.3 is 5.32 Å². The van der Waals surface area contributed by atoms with Crippen molar-refractivity contribution in [3.05, 3.63) is 34.3 Å². The molecule has 0 atom stereocenters. The Kier molecular flexibility index (Phi) is 3.27. The van der Waals surface area contributed by atoms with Gasteiger partial charge in [-0.25, -0.2) is 0 Å². The zero-order chi connectivity index (χ0) is 12.6. The number of benzene rings is 1. The third kappa shape index (κ3) is 2.04. The van der Waals surface area contributed by atoms with Crippen molar-refractivity contribution in [1.82, 2.24) is 5.32 Å². The molecule has 3 aliphatic rings. The van der Waals surface area contributed by atoms with E-state index in [0.29, 0.717) is 10.8 Å². The molecule has 1 nitrogen and oxygen atoms in total. The van der Waals surface area contributed by atoms with E-state index in [1.54, 1.807) is 5.56 Å². The van der Waals surface area contributed by atoms with Crippen LogP contribution in [0.5, 0.6) is 0 Å². The second kappa shape index (κ2) is 4.64. The lowest BCUT2D eigenvalue weighted by atomic mass is 9.52. The number of hydrogen-bond acceptors (Lipinski definition) is 1. The van der Waals surface area contributed by atoms with E-state index in [1.807, 2.05) is 0 Å². The Morgan fingerprint density at radius 1 is 1.11 bits per heavy atom. The molecule has 0 aliphatic heterocycles. The van der Waals surface area contributed by atoms with Crippen LogP contribution in [0.15, 0.2) is 28.7 Å². The SMILES string of the molecule is CNCC12CCC(c3cccc(Br)c3)(CC1)CC2. The minimum atomic E-state index is 0.485. The van der Waals surface area contributed by atoms with Crippen LogP contribution < -0.4 is 5.32 Å². The average Bonchev–Trinajstić information content (AvgIpc) is 2.41. The lowest BCUT2D eigenvalue weighted by Crippen LogP contribution is -2.47. The van der Waals surface area contributed by atoms with Crippen molar-refractivity contribution < 1.29 is 0 Å². The third-order valence-electron chi connectivity index (χ3n) is 5.39. The molecule has 3 aliphatic carbocycles. The molecule has 0 heterocycles. The molecule has 2 bridgehead atoms. The summed E-state index contributed by atoms with van der Waals surface area (Å²) >= 11 is 3.62. The van der Waals surface area contributed by atoms with Crippen LogP contribution in [0.2, 0.25) is 0 Å². The van der Waals surface area contributed by atoms with Gasteiger partial charge in [-0.05, 0) is 74.1 Å². The lowest BCUT2D eigenvalue weighted by molar-refractivity contribution is 0.0415. The smallest absolute Gasteiger partial charge is 0.0178 e. The van der Waals surface area contributed by atoms with Crippen molar-refractivity contribution in [2.24, 2.45) is 5.41 Å². The Labute approximate surface area is 118 Å². The molecule has 1 aromatic rings. The molecule has 3 saturated carbocycles. The quantitative estimate of drug-likeness (QED) is 0.880. The Bertz CT molecular complexity index is 416. The van der Waals surface area contributed by atoms with Gasteiger partial charge in [0, 0.05) is 11.0 Å². The molecule has 0 aromatic heterocycles. The molecule has 0 spiro atoms. The highest BCUT2D eigenvalue weighted by molar-refractivity contribution is 9.10. The predicted octanol–water partition coefficient (Wildman–Crippen LogP) is 4.26. The van der Waals surface area contributed by atoms with Gasteiger partial charge in [0.15, 0.2) is 0 Å². The Morgan fingerprint density at radius 3 is 2.33 bits per heavy atom. The van der Waals surface area contributed by atoms with Crippen LogP contribution in [0.3, 0.4) is 0 Å². The fraction of sp³-hybridized carbons (Fsp3) is 0.625. The normalized spacial score (nSPS) is 34.8. The van der Waals surface area contributed by atoms with Gasteiger partial charge in [-0.3, -0.25) is 0 Å². The maximum atomic E-state index is 3.62. The molecule has 98 valence electrons. The summed E-state index contributed by atoms with van der Waals surface area (Å²) < 4.78 is 1.23. The summed E-state index contributed by atoms with van der Waals surface area (Å²) in [4.78, 5) is 0. The van der Waals surface area contributed by atoms with Gasteiger partial charge in [-0.2, -0.15) is 0 Å². The van der Waals surface area contributed by atoms with E-state index in [9.17, 15) is 0 Å². The van der Waals surface area contributed by atoms with Crippen molar-refractivity contribution >= 4 is 15.9 Å². The topological polar surface area (TPSA) is 12.0 Å². The van der Waals surface area contributed by atoms with E-state index in [4.69, 9.17) is 0 Å². The van der Waals surface area contributed by atoms with Crippen molar-refractivity contribution in [2.75, 3.05) is 13.6 Å². The van der Waals surface area contributed by atoms with Crippen LogP contribution >= 0.6 is 15.9 Å². The number of hydrogen-bond donors (Lipinski definition) is 1. The number of fused-ring (bicyclic) bond motifs is 3. The lowest BCUT2D eigenvalue weighted by Gasteiger charge is -2.54. The molecule has 3 fully saturated rings. The highest BCUT2D eigenvalue weighted by Crippen LogP contribution is 2.57. The Balaban J connectivity index is 1.84. The predicted molar refractivity (Wildman–Crippen MR) is 79.9 cm³/mol. The molecule has 4 rings (SSSR count). The minimum Gasteiger partial charge on any atom is -0.319 e. The van der Waals surface area contributed by atoms with Gasteiger partial charge in [0.1, 0.15) is 0 Å². The number of nitrogens with one attached hydrogen (secondary N) is 1. The number of halogens is 1. The number of rotatable bonds is 3. The molecule has 0 unspecified atom stereocenters. The first kappa shape index (κ1) is 12.7. The average molecular weight is 308 g/mol. The molecule has 0 saturated heterocycles. The fourth-order valence-electron chi connectivity index (χ4n) is 4.15. The van der Waals surface area contributed by atoms with Gasteiger partial charge in [0.05, 0.1) is 0 Å². The first-order chi connectivity index (χ1) is 8.68. The second-order valence-corrected chi connectivity index (χ2v) is 7.24. The van der Waals surface area contributed by atoms with Crippen LogP contribution in [-0.4, -0.2) is 13.6 Å². The zero-order valence-electron chi connectivity index (χ0n) is 11.1. The molecule has 2 heteroatoms. The van der Waals surface area contributed by atoms with Crippen LogP contribution in [0.1, 0.15) is 44.1 Å². The Hall–Kier alpha value is -0.340. The summed E-state index contributed by atoms with van der Waals surface area (Å²) in [6.07, 6.45) is 8.35. The van der Waals surface area contributed by atoms with E-state index in [0.717, 1.165) is 0 Å². The van der Waals surface area contributed by atoms with Gasteiger partial charge >= 0.3 is 0 Å². The van der Waals surface area contributed by atoms with Crippen molar-refractivity contribution in [1.29, 1.82) is 0 Å². The highest BCUT2D eigenvalue weighted by Gasteiger charge is 2.48. The van der Waals surface area contributed by atoms with Crippen molar-refractivity contribution in [3.8, 4) is 0 Å². The van der Waals surface area contributed by atoms with Crippen molar-refractivity contribution in [3.63, 3.8) is 0 Å². The monoisotopic (exact) mass is 307 g/mol. The second-order valence-electron chi connectivity index (χ2n) is 6.32. The van der Waals surface area contributed by atoms with Gasteiger partial charge in [0.25, 0.3) is 0 Å². The maximum Gasteiger partial charge on any atom is 0.0178 e. The van der Waals surface area contributed by atoms with Gasteiger partial charge in [-0.15, -0.1) is 0 Å². The third-order valence-corrected chi connectivity index (χ3v) is 5.88. The highest BCUT2D eigenvalue weighted by atomic mass is 79.9. The van der Waals surface area contributed by atoms with E-state index in [-0.39, 0.29) is 0 Å². The Morgan fingerprint density at radius 2 is 1.78 bits per heavy atom. The molecule has 0 radical (unpaired) electrons. The molecular formula is C16H22BrN. The molecule has 18 heavy (non-hydrogen) atoms. The first-order valence-corrected chi connectivity index (χ1v) is 7.88. The summed E-state index contributed by atoms with van der Waals surface area (Å²) in [6, 6.07) is 9.01. The van der Waals surface area contributed by atoms with Crippen molar-refractivity contribution in [2.45, 2.75) is 43.9 Å². The summed E-state index contributed by atoms with van der Waals surface area (Å²) in [5.41, 5.74) is 2.66. The van der Waals surface area contributed by atoms with Crippen LogP contribution in [0.25, 0.3) is 0 Å². The minimum absolute atomic E-state index is 0.485. The molecular weight excluding hydrogens is 286 g/mol. The molecule has 1 aromatic carbocycles. The summed E-state index contributed by atoms with van der Waals surface area (Å²) in [6.45, 7) is 1.21. The van der Waals surface area contributed by atoms with E-state index < -0.39 is 0 Å². The summed E-state index contributed by atoms with van der Waals surface area (Å²) in [5, 5.41) is 3.41. The maximum absolute atomic E-state index is 3.62. The fourth-order valence-corrected chi connectivity index (χ4v) is 4.55. The van der Waals surface area contributed by atoms with Gasteiger partial charge in [-0.1, -0.05) is 28.1 Å². The summed E-state index contributed by atoms with van der Waals surface area (Å²) in [5.74, 6) is 0.